The summed E-state index contributed by atoms with van der Waals surface area (Å²) in [6, 6.07) is 6.40. The third-order valence-corrected chi connectivity index (χ3v) is 5.23. The van der Waals surface area contributed by atoms with Crippen LogP contribution in [0.1, 0.15) is 61.4 Å². The normalized spacial score (nSPS) is 11.6. The summed E-state index contributed by atoms with van der Waals surface area (Å²) in [4.78, 5) is 10.8. The van der Waals surface area contributed by atoms with Crippen molar-refractivity contribution in [2.45, 2.75) is 59.1 Å². The smallest absolute Gasteiger partial charge is 0.139 e. The van der Waals surface area contributed by atoms with Crippen molar-refractivity contribution in [3.8, 4) is 0 Å². The molecule has 3 nitrogen and oxygen atoms in total. The molecule has 0 saturated heterocycles. The first-order chi connectivity index (χ1) is 11.8. The van der Waals surface area contributed by atoms with Gasteiger partial charge < -0.3 is 4.52 Å². The lowest BCUT2D eigenvalue weighted by atomic mass is 10.1. The van der Waals surface area contributed by atoms with Crippen molar-refractivity contribution < 1.29 is 13.7 Å². The van der Waals surface area contributed by atoms with Gasteiger partial charge in [-0.3, -0.25) is 4.79 Å². The molecule has 2 rings (SSSR count). The van der Waals surface area contributed by atoms with Crippen LogP contribution in [0.4, 0.5) is 4.39 Å². The standard InChI is InChI=1S/C11H13FOS.C9H15NO/c1-8(13)7-14-9(2)10-3-5-11(12)6-4-10;1-4-5-6-9-7(2)8(3)10-11-9/h3-6,9H,7H2,1-2H3;4-6H2,1-3H3. The number of rotatable bonds is 7. The minimum atomic E-state index is -0.225. The van der Waals surface area contributed by atoms with Gasteiger partial charge in [0.1, 0.15) is 17.4 Å². The predicted molar refractivity (Wildman–Crippen MR) is 103 cm³/mol. The number of ketones is 1. The van der Waals surface area contributed by atoms with E-state index in [-0.39, 0.29) is 16.9 Å². The Kier molecular flexibility index (Phi) is 9.50. The highest BCUT2D eigenvalue weighted by molar-refractivity contribution is 8.00. The number of unbranched alkanes of at least 4 members (excludes halogenated alkanes) is 1. The molecule has 1 atom stereocenters. The average Bonchev–Trinajstić information content (AvgIpc) is 2.91. The Hall–Kier alpha value is -1.62. The highest BCUT2D eigenvalue weighted by Gasteiger charge is 2.07. The van der Waals surface area contributed by atoms with Crippen LogP contribution in [0.2, 0.25) is 0 Å². The number of thioether (sulfide) groups is 1. The molecule has 0 aliphatic heterocycles. The van der Waals surface area contributed by atoms with Crippen molar-refractivity contribution in [3.63, 3.8) is 0 Å². The Labute approximate surface area is 154 Å². The number of aryl methyl sites for hydroxylation is 2. The lowest BCUT2D eigenvalue weighted by Crippen LogP contribution is -1.97. The summed E-state index contributed by atoms with van der Waals surface area (Å²) >= 11 is 1.57. The summed E-state index contributed by atoms with van der Waals surface area (Å²) < 4.78 is 17.8. The summed E-state index contributed by atoms with van der Waals surface area (Å²) in [5.41, 5.74) is 3.30. The molecule has 1 aromatic heterocycles. The molecule has 0 aliphatic rings. The molecule has 0 saturated carbocycles. The number of hydrogen-bond donors (Lipinski definition) is 0. The van der Waals surface area contributed by atoms with Crippen LogP contribution < -0.4 is 0 Å². The van der Waals surface area contributed by atoms with Crippen LogP contribution in [0.15, 0.2) is 28.8 Å². The molecule has 138 valence electrons. The zero-order valence-electron chi connectivity index (χ0n) is 15.8. The van der Waals surface area contributed by atoms with E-state index in [2.05, 4.69) is 19.0 Å². The molecule has 0 radical (unpaired) electrons. The van der Waals surface area contributed by atoms with Gasteiger partial charge in [-0.25, -0.2) is 4.39 Å². The molecule has 1 unspecified atom stereocenters. The zero-order valence-corrected chi connectivity index (χ0v) is 16.6. The average molecular weight is 366 g/mol. The second-order valence-corrected chi connectivity index (χ2v) is 7.46. The lowest BCUT2D eigenvalue weighted by molar-refractivity contribution is -0.114. The van der Waals surface area contributed by atoms with Crippen LogP contribution >= 0.6 is 11.8 Å². The minimum absolute atomic E-state index is 0.170. The first kappa shape index (κ1) is 21.4. The molecule has 5 heteroatoms. The van der Waals surface area contributed by atoms with Crippen LogP contribution in [0.5, 0.6) is 0 Å². The van der Waals surface area contributed by atoms with Crippen LogP contribution in [0, 0.1) is 19.7 Å². The molecule has 0 amide bonds. The number of Topliss-reactive ketones (excluding diaryl/α,β-unsaturated/α-hetero) is 1. The Morgan fingerprint density at radius 2 is 1.92 bits per heavy atom. The zero-order chi connectivity index (χ0) is 18.8. The molecule has 0 spiro atoms. The molecule has 1 aromatic carbocycles. The number of carbonyl (C=O) groups excluding carboxylic acids is 1. The minimum Gasteiger partial charge on any atom is -0.361 e. The fraction of sp³-hybridized carbons (Fsp3) is 0.500. The van der Waals surface area contributed by atoms with E-state index in [9.17, 15) is 9.18 Å². The quantitative estimate of drug-likeness (QED) is 0.618. The number of hydrogen-bond acceptors (Lipinski definition) is 4. The molecule has 0 bridgehead atoms. The van der Waals surface area contributed by atoms with Crippen molar-refractivity contribution in [1.82, 2.24) is 5.16 Å². The van der Waals surface area contributed by atoms with Crippen molar-refractivity contribution >= 4 is 17.5 Å². The van der Waals surface area contributed by atoms with Crippen molar-refractivity contribution in [2.75, 3.05) is 5.75 Å². The van der Waals surface area contributed by atoms with E-state index in [0.717, 1.165) is 23.4 Å². The van der Waals surface area contributed by atoms with E-state index in [1.165, 1.54) is 30.5 Å². The van der Waals surface area contributed by atoms with Gasteiger partial charge in [-0.05, 0) is 51.8 Å². The maximum absolute atomic E-state index is 12.6. The van der Waals surface area contributed by atoms with E-state index < -0.39 is 0 Å². The molecule has 1 heterocycles. The molecular weight excluding hydrogens is 337 g/mol. The Morgan fingerprint density at radius 3 is 2.40 bits per heavy atom. The predicted octanol–water partition coefficient (Wildman–Crippen LogP) is 5.84. The Balaban J connectivity index is 0.000000257. The van der Waals surface area contributed by atoms with Gasteiger partial charge in [-0.1, -0.05) is 30.6 Å². The first-order valence-corrected chi connectivity index (χ1v) is 9.68. The third-order valence-electron chi connectivity index (χ3n) is 3.89. The fourth-order valence-electron chi connectivity index (χ4n) is 2.11. The summed E-state index contributed by atoms with van der Waals surface area (Å²) in [6.07, 6.45) is 3.43. The second-order valence-electron chi connectivity index (χ2n) is 6.13. The highest BCUT2D eigenvalue weighted by atomic mass is 32.2. The van der Waals surface area contributed by atoms with Crippen LogP contribution in [-0.4, -0.2) is 16.7 Å². The molecule has 0 aliphatic carbocycles. The Bertz CT molecular complexity index is 652. The van der Waals surface area contributed by atoms with Gasteiger partial charge in [0.15, 0.2) is 0 Å². The number of carbonyl (C=O) groups is 1. The molecule has 0 N–H and O–H groups in total. The van der Waals surface area contributed by atoms with Gasteiger partial charge >= 0.3 is 0 Å². The number of aromatic nitrogens is 1. The van der Waals surface area contributed by atoms with Gasteiger partial charge in [0, 0.05) is 17.2 Å². The van der Waals surface area contributed by atoms with Crippen LogP contribution in [-0.2, 0) is 11.2 Å². The van der Waals surface area contributed by atoms with Crippen molar-refractivity contribution in [1.29, 1.82) is 0 Å². The Morgan fingerprint density at radius 1 is 1.28 bits per heavy atom. The number of nitrogens with zero attached hydrogens (tertiary/aromatic N) is 1. The lowest BCUT2D eigenvalue weighted by Gasteiger charge is -2.09. The molecular formula is C20H28FNO2S. The second kappa shape index (κ2) is 11.1. The van der Waals surface area contributed by atoms with E-state index in [1.807, 2.05) is 13.8 Å². The highest BCUT2D eigenvalue weighted by Crippen LogP contribution is 2.27. The van der Waals surface area contributed by atoms with Gasteiger partial charge in [-0.15, -0.1) is 11.8 Å². The van der Waals surface area contributed by atoms with Gasteiger partial charge in [0.25, 0.3) is 0 Å². The number of halogens is 1. The SMILES string of the molecule is CC(=O)CSC(C)c1ccc(F)cc1.CCCCc1onc(C)c1C. The van der Waals surface area contributed by atoms with E-state index >= 15 is 0 Å². The maximum atomic E-state index is 12.6. The fourth-order valence-corrected chi connectivity index (χ4v) is 2.94. The van der Waals surface area contributed by atoms with E-state index in [0.29, 0.717) is 5.75 Å². The van der Waals surface area contributed by atoms with Gasteiger partial charge in [0.2, 0.25) is 0 Å². The molecule has 0 fully saturated rings. The van der Waals surface area contributed by atoms with E-state index in [1.54, 1.807) is 30.8 Å². The summed E-state index contributed by atoms with van der Waals surface area (Å²) in [7, 11) is 0. The van der Waals surface area contributed by atoms with Gasteiger partial charge in [-0.2, -0.15) is 0 Å². The van der Waals surface area contributed by atoms with Crippen LogP contribution in [0.3, 0.4) is 0 Å². The van der Waals surface area contributed by atoms with Crippen molar-refractivity contribution in [3.05, 3.63) is 52.7 Å². The maximum Gasteiger partial charge on any atom is 0.139 e. The first-order valence-electron chi connectivity index (χ1n) is 8.63. The van der Waals surface area contributed by atoms with E-state index in [4.69, 9.17) is 4.52 Å². The summed E-state index contributed by atoms with van der Waals surface area (Å²) in [5.74, 6) is 1.52. The van der Waals surface area contributed by atoms with Crippen molar-refractivity contribution in [2.24, 2.45) is 0 Å². The largest absolute Gasteiger partial charge is 0.361 e. The summed E-state index contributed by atoms with van der Waals surface area (Å²) in [5, 5.41) is 4.13. The molecule has 25 heavy (non-hydrogen) atoms. The molecule has 2 aromatic rings. The van der Waals surface area contributed by atoms with Crippen LogP contribution in [0.25, 0.3) is 0 Å². The summed E-state index contributed by atoms with van der Waals surface area (Å²) in [6.45, 7) is 9.81. The van der Waals surface area contributed by atoms with Gasteiger partial charge in [0.05, 0.1) is 11.4 Å². The number of benzene rings is 1. The topological polar surface area (TPSA) is 43.1 Å². The monoisotopic (exact) mass is 365 g/mol. The third kappa shape index (κ3) is 7.86.